The van der Waals surface area contributed by atoms with Gasteiger partial charge in [0.05, 0.1) is 5.69 Å². The quantitative estimate of drug-likeness (QED) is 0.907. The molecule has 0 atom stereocenters. The highest BCUT2D eigenvalue weighted by atomic mass is 32.1. The van der Waals surface area contributed by atoms with Crippen LogP contribution in [0, 0.1) is 0 Å². The van der Waals surface area contributed by atoms with Gasteiger partial charge in [-0.15, -0.1) is 5.10 Å². The zero-order chi connectivity index (χ0) is 11.7. The second-order valence-electron chi connectivity index (χ2n) is 4.43. The summed E-state index contributed by atoms with van der Waals surface area (Å²) in [6.45, 7) is 2.07. The van der Waals surface area contributed by atoms with Crippen molar-refractivity contribution in [1.29, 1.82) is 0 Å². The van der Waals surface area contributed by atoms with Gasteiger partial charge in [-0.05, 0) is 30.8 Å². The minimum atomic E-state index is 0.571. The standard InChI is InChI=1S/C11H15N5S/c1-2-8-9(17-16-13-8)11-12-10(14-15-11)7-5-3-4-6-7/h7H,2-6H2,1H3,(H,12,14,15). The number of hydrogen-bond acceptors (Lipinski definition) is 5. The first-order chi connectivity index (χ1) is 8.38. The van der Waals surface area contributed by atoms with Gasteiger partial charge in [0.2, 0.25) is 0 Å². The summed E-state index contributed by atoms with van der Waals surface area (Å²) in [4.78, 5) is 5.61. The first-order valence-corrected chi connectivity index (χ1v) is 6.89. The maximum absolute atomic E-state index is 4.61. The summed E-state index contributed by atoms with van der Waals surface area (Å²) in [6, 6.07) is 0. The average Bonchev–Trinajstić information content (AvgIpc) is 3.09. The number of nitrogens with zero attached hydrogens (tertiary/aromatic N) is 4. The number of rotatable bonds is 3. The van der Waals surface area contributed by atoms with Crippen molar-refractivity contribution >= 4 is 11.5 Å². The molecule has 0 bridgehead atoms. The van der Waals surface area contributed by atoms with E-state index >= 15 is 0 Å². The molecule has 2 aromatic rings. The van der Waals surface area contributed by atoms with Gasteiger partial charge >= 0.3 is 0 Å². The molecule has 1 fully saturated rings. The molecule has 1 N–H and O–H groups in total. The van der Waals surface area contributed by atoms with Crippen LogP contribution in [0.25, 0.3) is 10.7 Å². The zero-order valence-electron chi connectivity index (χ0n) is 9.81. The first-order valence-electron chi connectivity index (χ1n) is 6.12. The molecule has 1 aliphatic rings. The number of hydrogen-bond donors (Lipinski definition) is 1. The van der Waals surface area contributed by atoms with E-state index in [1.807, 2.05) is 0 Å². The Kier molecular flexibility index (Phi) is 2.88. The van der Waals surface area contributed by atoms with Crippen LogP contribution in [0.4, 0.5) is 0 Å². The normalized spacial score (nSPS) is 16.8. The molecule has 0 amide bonds. The van der Waals surface area contributed by atoms with Crippen molar-refractivity contribution in [1.82, 2.24) is 24.8 Å². The summed E-state index contributed by atoms with van der Waals surface area (Å²) in [7, 11) is 0. The second-order valence-corrected chi connectivity index (χ2v) is 5.18. The molecule has 0 aliphatic heterocycles. The predicted molar refractivity (Wildman–Crippen MR) is 65.9 cm³/mol. The minimum absolute atomic E-state index is 0.571. The largest absolute Gasteiger partial charge is 0.262 e. The molecule has 2 heterocycles. The topological polar surface area (TPSA) is 67.3 Å². The van der Waals surface area contributed by atoms with E-state index < -0.39 is 0 Å². The van der Waals surface area contributed by atoms with E-state index in [0.717, 1.165) is 28.6 Å². The van der Waals surface area contributed by atoms with E-state index in [2.05, 4.69) is 31.7 Å². The van der Waals surface area contributed by atoms with Gasteiger partial charge in [0, 0.05) is 5.92 Å². The van der Waals surface area contributed by atoms with Crippen LogP contribution in [0.5, 0.6) is 0 Å². The average molecular weight is 249 g/mol. The summed E-state index contributed by atoms with van der Waals surface area (Å²) < 4.78 is 3.97. The molecule has 0 unspecified atom stereocenters. The number of aromatic nitrogens is 5. The SMILES string of the molecule is CCc1nnsc1-c1n[nH]c(C2CCCC2)n1. The number of aryl methyl sites for hydroxylation is 1. The minimum Gasteiger partial charge on any atom is -0.262 e. The van der Waals surface area contributed by atoms with E-state index in [1.54, 1.807) is 0 Å². The third-order valence-corrected chi connectivity index (χ3v) is 4.10. The van der Waals surface area contributed by atoms with E-state index in [-0.39, 0.29) is 0 Å². The highest BCUT2D eigenvalue weighted by Crippen LogP contribution is 2.33. The van der Waals surface area contributed by atoms with Crippen LogP contribution >= 0.6 is 11.5 Å². The lowest BCUT2D eigenvalue weighted by Gasteiger charge is -2.01. The third kappa shape index (κ3) is 1.97. The molecule has 6 heteroatoms. The van der Waals surface area contributed by atoms with Gasteiger partial charge < -0.3 is 0 Å². The lowest BCUT2D eigenvalue weighted by Crippen LogP contribution is -1.94. The van der Waals surface area contributed by atoms with Crippen molar-refractivity contribution < 1.29 is 0 Å². The van der Waals surface area contributed by atoms with Crippen molar-refractivity contribution in [3.63, 3.8) is 0 Å². The highest BCUT2D eigenvalue weighted by Gasteiger charge is 2.22. The molecule has 0 spiro atoms. The van der Waals surface area contributed by atoms with Gasteiger partial charge in [0.15, 0.2) is 5.82 Å². The van der Waals surface area contributed by atoms with Gasteiger partial charge in [0.25, 0.3) is 0 Å². The Hall–Kier alpha value is -1.30. The lowest BCUT2D eigenvalue weighted by atomic mass is 10.1. The van der Waals surface area contributed by atoms with Gasteiger partial charge in [-0.1, -0.05) is 24.3 Å². The molecular formula is C11H15N5S. The monoisotopic (exact) mass is 249 g/mol. The fourth-order valence-corrected chi connectivity index (χ4v) is 3.05. The molecule has 0 saturated heterocycles. The first kappa shape index (κ1) is 10.8. The molecular weight excluding hydrogens is 234 g/mol. The molecule has 90 valence electrons. The van der Waals surface area contributed by atoms with Crippen molar-refractivity contribution in [2.75, 3.05) is 0 Å². The summed E-state index contributed by atoms with van der Waals surface area (Å²) >= 11 is 1.38. The van der Waals surface area contributed by atoms with Crippen LogP contribution in [-0.2, 0) is 6.42 Å². The van der Waals surface area contributed by atoms with Gasteiger partial charge in [-0.25, -0.2) is 4.98 Å². The molecule has 17 heavy (non-hydrogen) atoms. The van der Waals surface area contributed by atoms with Gasteiger partial charge in [-0.3, -0.25) is 5.10 Å². The second kappa shape index (κ2) is 4.52. The smallest absolute Gasteiger partial charge is 0.194 e. The fourth-order valence-electron chi connectivity index (χ4n) is 2.37. The van der Waals surface area contributed by atoms with Crippen LogP contribution in [-0.4, -0.2) is 24.8 Å². The summed E-state index contributed by atoms with van der Waals surface area (Å²) in [5, 5.41) is 11.5. The van der Waals surface area contributed by atoms with Crippen LogP contribution in [0.2, 0.25) is 0 Å². The maximum Gasteiger partial charge on any atom is 0.194 e. The molecule has 1 aliphatic carbocycles. The van der Waals surface area contributed by atoms with Crippen molar-refractivity contribution in [3.8, 4) is 10.7 Å². The summed E-state index contributed by atoms with van der Waals surface area (Å²) in [5.41, 5.74) is 0.993. The molecule has 2 aromatic heterocycles. The van der Waals surface area contributed by atoms with Crippen LogP contribution in [0.15, 0.2) is 0 Å². The Balaban J connectivity index is 1.89. The fraction of sp³-hybridized carbons (Fsp3) is 0.636. The molecule has 3 rings (SSSR count). The number of H-pyrrole nitrogens is 1. The van der Waals surface area contributed by atoms with E-state index in [4.69, 9.17) is 0 Å². The van der Waals surface area contributed by atoms with E-state index in [1.165, 1.54) is 37.2 Å². The molecule has 0 aromatic carbocycles. The van der Waals surface area contributed by atoms with Gasteiger partial charge in [-0.2, -0.15) is 5.10 Å². The Morgan fingerprint density at radius 3 is 2.94 bits per heavy atom. The zero-order valence-corrected chi connectivity index (χ0v) is 10.6. The van der Waals surface area contributed by atoms with Crippen LogP contribution < -0.4 is 0 Å². The van der Waals surface area contributed by atoms with Crippen molar-refractivity contribution in [2.24, 2.45) is 0 Å². The third-order valence-electron chi connectivity index (χ3n) is 3.34. The lowest BCUT2D eigenvalue weighted by molar-refractivity contribution is 0.672. The number of aromatic amines is 1. The predicted octanol–water partition coefficient (Wildman–Crippen LogP) is 2.54. The summed E-state index contributed by atoms with van der Waals surface area (Å²) in [6.07, 6.45) is 5.96. The van der Waals surface area contributed by atoms with Crippen LogP contribution in [0.3, 0.4) is 0 Å². The Morgan fingerprint density at radius 1 is 1.35 bits per heavy atom. The molecule has 5 nitrogen and oxygen atoms in total. The Labute approximate surface area is 104 Å². The maximum atomic E-state index is 4.61. The highest BCUT2D eigenvalue weighted by molar-refractivity contribution is 7.09. The summed E-state index contributed by atoms with van der Waals surface area (Å²) in [5.74, 6) is 2.37. The van der Waals surface area contributed by atoms with Crippen molar-refractivity contribution in [2.45, 2.75) is 44.9 Å². The van der Waals surface area contributed by atoms with Gasteiger partial charge in [0.1, 0.15) is 10.7 Å². The Morgan fingerprint density at radius 2 is 2.18 bits per heavy atom. The molecule has 1 saturated carbocycles. The van der Waals surface area contributed by atoms with E-state index in [0.29, 0.717) is 5.92 Å². The Bertz CT molecular complexity index is 497. The number of nitrogens with one attached hydrogen (secondary N) is 1. The van der Waals surface area contributed by atoms with Crippen molar-refractivity contribution in [3.05, 3.63) is 11.5 Å². The molecule has 0 radical (unpaired) electrons. The van der Waals surface area contributed by atoms with E-state index in [9.17, 15) is 0 Å². The van der Waals surface area contributed by atoms with Crippen LogP contribution in [0.1, 0.15) is 50.0 Å².